The molecule has 8 N–H and O–H groups in total. The zero-order valence-electron chi connectivity index (χ0n) is 18.8. The van der Waals surface area contributed by atoms with Crippen molar-refractivity contribution < 1.29 is 29.4 Å². The van der Waals surface area contributed by atoms with E-state index in [0.29, 0.717) is 0 Å². The normalized spacial score (nSPS) is 14.8. The Hall–Kier alpha value is -3.44. The van der Waals surface area contributed by atoms with Gasteiger partial charge in [-0.2, -0.15) is 0 Å². The molecule has 0 aliphatic heterocycles. The lowest BCUT2D eigenvalue weighted by Crippen LogP contribution is -2.59. The Morgan fingerprint density at radius 1 is 1.00 bits per heavy atom. The van der Waals surface area contributed by atoms with E-state index in [4.69, 9.17) is 5.73 Å². The second-order valence-electron chi connectivity index (χ2n) is 8.18. The first-order chi connectivity index (χ1) is 15.5. The number of benzene rings is 1. The van der Waals surface area contributed by atoms with Crippen molar-refractivity contribution in [2.75, 3.05) is 6.54 Å². The van der Waals surface area contributed by atoms with E-state index in [1.165, 1.54) is 6.92 Å². The largest absolute Gasteiger partial charge is 0.480 e. The minimum Gasteiger partial charge on any atom is -0.480 e. The number of aromatic amines is 1. The topological polar surface area (TPSA) is 187 Å². The number of aliphatic hydroxyl groups excluding tert-OH is 1. The first-order valence-corrected chi connectivity index (χ1v) is 10.6. The van der Waals surface area contributed by atoms with Crippen molar-refractivity contribution in [1.29, 1.82) is 0 Å². The highest BCUT2D eigenvalue weighted by molar-refractivity contribution is 5.94. The van der Waals surface area contributed by atoms with Gasteiger partial charge in [0.05, 0.1) is 12.6 Å². The number of rotatable bonds is 11. The predicted octanol–water partition coefficient (Wildman–Crippen LogP) is -0.755. The smallest absolute Gasteiger partial charge is 0.326 e. The summed E-state index contributed by atoms with van der Waals surface area (Å²) in [5, 5.41) is 27.6. The lowest BCUT2D eigenvalue weighted by atomic mass is 10.0. The number of nitrogens with one attached hydrogen (secondary N) is 4. The van der Waals surface area contributed by atoms with Crippen LogP contribution in [0, 0.1) is 5.92 Å². The molecule has 0 bridgehead atoms. The molecular formula is C22H31N5O6. The summed E-state index contributed by atoms with van der Waals surface area (Å²) in [6.45, 7) is 4.23. The fourth-order valence-corrected chi connectivity index (χ4v) is 3.40. The summed E-state index contributed by atoms with van der Waals surface area (Å²) >= 11 is 0. The molecule has 0 saturated heterocycles. The van der Waals surface area contributed by atoms with E-state index in [-0.39, 0.29) is 13.0 Å². The number of amides is 3. The van der Waals surface area contributed by atoms with E-state index in [1.54, 1.807) is 20.0 Å². The molecule has 2 rings (SSSR count). The number of carboxylic acid groups (broad SMARTS) is 1. The number of hydrogen-bond acceptors (Lipinski definition) is 6. The fraction of sp³-hybridized carbons (Fsp3) is 0.455. The van der Waals surface area contributed by atoms with Crippen LogP contribution in [0.15, 0.2) is 30.5 Å². The van der Waals surface area contributed by atoms with Crippen molar-refractivity contribution in [3.8, 4) is 0 Å². The predicted molar refractivity (Wildman–Crippen MR) is 121 cm³/mol. The van der Waals surface area contributed by atoms with Gasteiger partial charge in [0.15, 0.2) is 0 Å². The van der Waals surface area contributed by atoms with Crippen LogP contribution in [0.2, 0.25) is 0 Å². The molecule has 11 nitrogen and oxygen atoms in total. The van der Waals surface area contributed by atoms with Gasteiger partial charge in [-0.1, -0.05) is 32.0 Å². The molecule has 33 heavy (non-hydrogen) atoms. The Balaban J connectivity index is 2.32. The van der Waals surface area contributed by atoms with E-state index in [0.717, 1.165) is 16.5 Å². The monoisotopic (exact) mass is 461 g/mol. The van der Waals surface area contributed by atoms with Crippen LogP contribution in [0.1, 0.15) is 26.3 Å². The molecule has 11 heteroatoms. The van der Waals surface area contributed by atoms with Crippen LogP contribution in [-0.2, 0) is 25.6 Å². The van der Waals surface area contributed by atoms with Crippen LogP contribution in [-0.4, -0.2) is 69.7 Å². The van der Waals surface area contributed by atoms with E-state index >= 15 is 0 Å². The molecule has 1 aromatic heterocycles. The Bertz CT molecular complexity index is 1000. The molecule has 0 aliphatic rings. The average molecular weight is 462 g/mol. The zero-order chi connectivity index (χ0) is 24.7. The van der Waals surface area contributed by atoms with Gasteiger partial charge in [0, 0.05) is 23.5 Å². The Morgan fingerprint density at radius 2 is 1.67 bits per heavy atom. The number of H-pyrrole nitrogens is 1. The number of carbonyl (C=O) groups excluding carboxylic acids is 3. The third-order valence-electron chi connectivity index (χ3n) is 5.23. The minimum absolute atomic E-state index is 0.0450. The van der Waals surface area contributed by atoms with Crippen LogP contribution >= 0.6 is 0 Å². The molecular weight excluding hydrogens is 430 g/mol. The fourth-order valence-electron chi connectivity index (χ4n) is 3.40. The van der Waals surface area contributed by atoms with Crippen molar-refractivity contribution in [1.82, 2.24) is 20.9 Å². The number of carboxylic acids is 1. The Morgan fingerprint density at radius 3 is 2.24 bits per heavy atom. The van der Waals surface area contributed by atoms with Crippen LogP contribution in [0.5, 0.6) is 0 Å². The summed E-state index contributed by atoms with van der Waals surface area (Å²) in [6, 6.07) is 3.71. The number of aliphatic carboxylic acids is 1. The molecule has 0 aliphatic carbocycles. The second-order valence-corrected chi connectivity index (χ2v) is 8.18. The molecule has 1 heterocycles. The van der Waals surface area contributed by atoms with Crippen LogP contribution in [0.4, 0.5) is 0 Å². The molecule has 4 atom stereocenters. The molecule has 0 spiro atoms. The second kappa shape index (κ2) is 11.4. The van der Waals surface area contributed by atoms with Crippen LogP contribution in [0.25, 0.3) is 10.9 Å². The van der Waals surface area contributed by atoms with Gasteiger partial charge in [-0.15, -0.1) is 0 Å². The van der Waals surface area contributed by atoms with Gasteiger partial charge in [-0.25, -0.2) is 4.79 Å². The highest BCUT2D eigenvalue weighted by atomic mass is 16.4. The SMILES string of the molecule is CC(C)[C@H](NC(=O)[C@H](Cc1c[nH]c2ccccc12)NC(=O)[C@@H](NC(=O)CN)[C@@H](C)O)C(=O)O. The number of carbonyl (C=O) groups is 4. The molecule has 2 aromatic rings. The highest BCUT2D eigenvalue weighted by Gasteiger charge is 2.32. The number of hydrogen-bond donors (Lipinski definition) is 7. The summed E-state index contributed by atoms with van der Waals surface area (Å²) in [5.74, 6) is -3.76. The summed E-state index contributed by atoms with van der Waals surface area (Å²) in [6.07, 6.45) is 0.486. The van der Waals surface area contributed by atoms with Gasteiger partial charge in [0.2, 0.25) is 17.7 Å². The summed E-state index contributed by atoms with van der Waals surface area (Å²) < 4.78 is 0. The first-order valence-electron chi connectivity index (χ1n) is 10.6. The highest BCUT2D eigenvalue weighted by Crippen LogP contribution is 2.19. The Labute approximate surface area is 191 Å². The van der Waals surface area contributed by atoms with Crippen molar-refractivity contribution in [3.63, 3.8) is 0 Å². The number of aliphatic hydroxyl groups is 1. The van der Waals surface area contributed by atoms with Gasteiger partial charge >= 0.3 is 5.97 Å². The summed E-state index contributed by atoms with van der Waals surface area (Å²) in [5.41, 5.74) is 6.83. The van der Waals surface area contributed by atoms with Crippen molar-refractivity contribution in [2.24, 2.45) is 11.7 Å². The van der Waals surface area contributed by atoms with Crippen molar-refractivity contribution in [2.45, 2.75) is 51.4 Å². The minimum atomic E-state index is -1.35. The molecule has 1 aromatic carbocycles. The molecule has 0 unspecified atom stereocenters. The molecule has 0 radical (unpaired) electrons. The molecule has 3 amide bonds. The third kappa shape index (κ3) is 6.77. The van der Waals surface area contributed by atoms with E-state index in [2.05, 4.69) is 20.9 Å². The van der Waals surface area contributed by atoms with Gasteiger partial charge in [0.25, 0.3) is 0 Å². The zero-order valence-corrected chi connectivity index (χ0v) is 18.8. The van der Waals surface area contributed by atoms with Gasteiger partial charge in [-0.3, -0.25) is 14.4 Å². The maximum Gasteiger partial charge on any atom is 0.326 e. The average Bonchev–Trinajstić information content (AvgIpc) is 3.16. The molecule has 0 saturated carbocycles. The van der Waals surface area contributed by atoms with Gasteiger partial charge in [0.1, 0.15) is 18.1 Å². The van der Waals surface area contributed by atoms with Crippen molar-refractivity contribution in [3.05, 3.63) is 36.0 Å². The Kier molecular flexibility index (Phi) is 8.94. The standard InChI is InChI=1S/C22H31N5O6/c1-11(2)18(22(32)33)27-20(30)16(8-13-10-24-15-7-5-4-6-14(13)15)25-21(31)19(12(3)28)26-17(29)9-23/h4-7,10-12,16,18-19,24,28H,8-9,23H2,1-3H3,(H,25,31)(H,26,29)(H,27,30)(H,32,33)/t12-,16+,18+,19+/m1/s1. The van der Waals surface area contributed by atoms with E-state index < -0.39 is 53.8 Å². The van der Waals surface area contributed by atoms with Crippen LogP contribution < -0.4 is 21.7 Å². The molecule has 180 valence electrons. The third-order valence-corrected chi connectivity index (χ3v) is 5.23. The van der Waals surface area contributed by atoms with Crippen LogP contribution in [0.3, 0.4) is 0 Å². The maximum atomic E-state index is 13.1. The molecule has 0 fully saturated rings. The lowest BCUT2D eigenvalue weighted by molar-refractivity contribution is -0.143. The first kappa shape index (κ1) is 25.8. The number of para-hydroxylation sites is 1. The van der Waals surface area contributed by atoms with Crippen molar-refractivity contribution >= 4 is 34.6 Å². The van der Waals surface area contributed by atoms with Gasteiger partial charge < -0.3 is 36.9 Å². The van der Waals surface area contributed by atoms with Gasteiger partial charge in [-0.05, 0) is 24.5 Å². The van der Waals surface area contributed by atoms with E-state index in [1.807, 2.05) is 24.3 Å². The summed E-state index contributed by atoms with van der Waals surface area (Å²) in [7, 11) is 0. The quantitative estimate of drug-likeness (QED) is 0.229. The number of nitrogens with two attached hydrogens (primary N) is 1. The maximum absolute atomic E-state index is 13.1. The lowest BCUT2D eigenvalue weighted by Gasteiger charge is -2.26. The summed E-state index contributed by atoms with van der Waals surface area (Å²) in [4.78, 5) is 52.3. The number of fused-ring (bicyclic) bond motifs is 1. The number of aromatic nitrogens is 1. The van der Waals surface area contributed by atoms with E-state index in [9.17, 15) is 29.4 Å².